The Bertz CT molecular complexity index is 2180. The van der Waals surface area contributed by atoms with Crippen molar-refractivity contribution in [3.8, 4) is 28.3 Å². The van der Waals surface area contributed by atoms with E-state index < -0.39 is 0 Å². The number of amidine groups is 1. The van der Waals surface area contributed by atoms with Crippen LogP contribution >= 0.6 is 0 Å². The van der Waals surface area contributed by atoms with Crippen molar-refractivity contribution in [3.63, 3.8) is 0 Å². The topological polar surface area (TPSA) is 63.5 Å². The van der Waals surface area contributed by atoms with E-state index in [0.717, 1.165) is 33.9 Å². The first-order valence-corrected chi connectivity index (χ1v) is 16.7. The van der Waals surface area contributed by atoms with E-state index in [1.807, 2.05) is 54.5 Å². The van der Waals surface area contributed by atoms with Gasteiger partial charge in [0.2, 0.25) is 0 Å². The SMILES string of the molecule is CN(Cc1cccc(C#N)c1)N/C(=N\Cc1ccccc1)c1cccc(Nc2c(-c3ccccc3)ccc3c2C(C)(C)c2ccccc2-3)c1. The summed E-state index contributed by atoms with van der Waals surface area (Å²) in [5.41, 5.74) is 16.8. The Kier molecular flexibility index (Phi) is 8.81. The number of anilines is 2. The second-order valence-corrected chi connectivity index (χ2v) is 13.1. The number of hydrogen-bond donors (Lipinski definition) is 2. The van der Waals surface area contributed by atoms with E-state index >= 15 is 0 Å². The molecule has 1 aliphatic carbocycles. The molecule has 6 aromatic carbocycles. The quantitative estimate of drug-likeness (QED) is 0.0941. The summed E-state index contributed by atoms with van der Waals surface area (Å²) in [4.78, 5) is 5.08. The van der Waals surface area contributed by atoms with Crippen LogP contribution in [0.3, 0.4) is 0 Å². The van der Waals surface area contributed by atoms with Crippen molar-refractivity contribution >= 4 is 17.2 Å². The number of nitrogens with one attached hydrogen (secondary N) is 2. The van der Waals surface area contributed by atoms with Crippen LogP contribution in [0, 0.1) is 11.3 Å². The van der Waals surface area contributed by atoms with Gasteiger partial charge in [0, 0.05) is 35.8 Å². The minimum atomic E-state index is -0.188. The zero-order valence-electron chi connectivity index (χ0n) is 28.1. The van der Waals surface area contributed by atoms with Gasteiger partial charge in [-0.05, 0) is 63.2 Å². The van der Waals surface area contributed by atoms with Gasteiger partial charge in [-0.3, -0.25) is 4.99 Å². The van der Waals surface area contributed by atoms with Gasteiger partial charge in [-0.1, -0.05) is 135 Å². The predicted molar refractivity (Wildman–Crippen MR) is 202 cm³/mol. The number of hydrogen-bond acceptors (Lipinski definition) is 4. The summed E-state index contributed by atoms with van der Waals surface area (Å²) in [5, 5.41) is 15.3. The van der Waals surface area contributed by atoms with Crippen LogP contribution in [0.15, 0.2) is 151 Å². The fourth-order valence-electron chi connectivity index (χ4n) is 6.93. The van der Waals surface area contributed by atoms with Gasteiger partial charge >= 0.3 is 0 Å². The molecule has 0 heterocycles. The van der Waals surface area contributed by atoms with Crippen molar-refractivity contribution in [2.75, 3.05) is 12.4 Å². The molecule has 6 aromatic rings. The second-order valence-electron chi connectivity index (χ2n) is 13.1. The molecule has 0 saturated carbocycles. The second kappa shape index (κ2) is 13.6. The van der Waals surface area contributed by atoms with Crippen molar-refractivity contribution in [2.45, 2.75) is 32.4 Å². The third kappa shape index (κ3) is 6.60. The van der Waals surface area contributed by atoms with Crippen LogP contribution in [-0.4, -0.2) is 17.9 Å². The molecule has 0 aliphatic heterocycles. The fourth-order valence-corrected chi connectivity index (χ4v) is 6.93. The van der Waals surface area contributed by atoms with Gasteiger partial charge in [0.25, 0.3) is 0 Å². The lowest BCUT2D eigenvalue weighted by molar-refractivity contribution is 0.284. The van der Waals surface area contributed by atoms with Crippen molar-refractivity contribution in [2.24, 2.45) is 4.99 Å². The Morgan fingerprint density at radius 3 is 2.20 bits per heavy atom. The molecule has 0 radical (unpaired) electrons. The van der Waals surface area contributed by atoms with Gasteiger partial charge in [-0.25, -0.2) is 5.01 Å². The summed E-state index contributed by atoms with van der Waals surface area (Å²) < 4.78 is 0. The van der Waals surface area contributed by atoms with Crippen molar-refractivity contribution in [1.82, 2.24) is 10.4 Å². The number of nitrogens with zero attached hydrogens (tertiary/aromatic N) is 3. The minimum absolute atomic E-state index is 0.188. The predicted octanol–water partition coefficient (Wildman–Crippen LogP) is 9.86. The summed E-state index contributed by atoms with van der Waals surface area (Å²) in [7, 11) is 2.00. The first-order chi connectivity index (χ1) is 23.9. The zero-order chi connectivity index (χ0) is 33.8. The molecule has 0 aromatic heterocycles. The normalized spacial score (nSPS) is 13.0. The average molecular weight is 638 g/mol. The molecule has 0 fully saturated rings. The van der Waals surface area contributed by atoms with Gasteiger partial charge < -0.3 is 10.7 Å². The molecule has 5 heteroatoms. The summed E-state index contributed by atoms with van der Waals surface area (Å²) in [5.74, 6) is 0.765. The summed E-state index contributed by atoms with van der Waals surface area (Å²) in [6.45, 7) is 5.79. The van der Waals surface area contributed by atoms with Crippen LogP contribution in [-0.2, 0) is 18.5 Å². The molecule has 0 bridgehead atoms. The third-order valence-corrected chi connectivity index (χ3v) is 9.25. The number of rotatable bonds is 9. The van der Waals surface area contributed by atoms with Crippen LogP contribution in [0.4, 0.5) is 11.4 Å². The first kappa shape index (κ1) is 31.6. The van der Waals surface area contributed by atoms with Crippen LogP contribution in [0.25, 0.3) is 22.3 Å². The highest BCUT2D eigenvalue weighted by Gasteiger charge is 2.38. The number of benzene rings is 6. The van der Waals surface area contributed by atoms with Crippen LogP contribution in [0.5, 0.6) is 0 Å². The van der Waals surface area contributed by atoms with E-state index in [9.17, 15) is 5.26 Å². The highest BCUT2D eigenvalue weighted by Crippen LogP contribution is 2.54. The van der Waals surface area contributed by atoms with E-state index in [0.29, 0.717) is 18.7 Å². The van der Waals surface area contributed by atoms with E-state index in [2.05, 4.69) is 134 Å². The summed E-state index contributed by atoms with van der Waals surface area (Å²) in [6.07, 6.45) is 0. The summed E-state index contributed by atoms with van der Waals surface area (Å²) >= 11 is 0. The van der Waals surface area contributed by atoms with Crippen molar-refractivity contribution in [1.29, 1.82) is 5.26 Å². The molecule has 2 N–H and O–H groups in total. The smallest absolute Gasteiger partial charge is 0.143 e. The lowest BCUT2D eigenvalue weighted by Crippen LogP contribution is -2.39. The van der Waals surface area contributed by atoms with E-state index in [4.69, 9.17) is 4.99 Å². The number of hydrazine groups is 1. The van der Waals surface area contributed by atoms with E-state index in [1.165, 1.54) is 33.4 Å². The Morgan fingerprint density at radius 2 is 1.41 bits per heavy atom. The zero-order valence-corrected chi connectivity index (χ0v) is 28.1. The molecule has 240 valence electrons. The highest BCUT2D eigenvalue weighted by molar-refractivity contribution is 6.00. The van der Waals surface area contributed by atoms with Crippen molar-refractivity contribution in [3.05, 3.63) is 179 Å². The molecular weight excluding hydrogens is 599 g/mol. The molecular formula is C44H39N5. The Hall–Kier alpha value is -5.96. The highest BCUT2D eigenvalue weighted by atomic mass is 15.5. The monoisotopic (exact) mass is 637 g/mol. The molecule has 0 amide bonds. The number of fused-ring (bicyclic) bond motifs is 3. The lowest BCUT2D eigenvalue weighted by Gasteiger charge is -2.27. The standard InChI is InChI=1S/C44H39N5/c1-44(2)40-23-11-10-22-38(40)39-25-24-37(34-18-8-5-9-19-34)42(41(39)44)47-36-21-13-20-35(27-36)43(46-29-31-14-6-4-7-15-31)48-49(3)30-33-17-12-16-32(26-33)28-45/h4-27,47H,29-30H2,1-3H3,(H,46,48). The molecule has 0 atom stereocenters. The maximum Gasteiger partial charge on any atom is 0.143 e. The minimum Gasteiger partial charge on any atom is -0.355 e. The first-order valence-electron chi connectivity index (χ1n) is 16.7. The van der Waals surface area contributed by atoms with Crippen LogP contribution < -0.4 is 10.7 Å². The van der Waals surface area contributed by atoms with Gasteiger partial charge in [0.15, 0.2) is 0 Å². The summed E-state index contributed by atoms with van der Waals surface area (Å²) in [6, 6.07) is 52.6. The Morgan fingerprint density at radius 1 is 0.714 bits per heavy atom. The lowest BCUT2D eigenvalue weighted by atomic mass is 9.80. The number of nitriles is 1. The Balaban J connectivity index is 1.27. The largest absolute Gasteiger partial charge is 0.355 e. The van der Waals surface area contributed by atoms with Gasteiger partial charge in [0.05, 0.1) is 23.9 Å². The van der Waals surface area contributed by atoms with E-state index in [1.54, 1.807) is 0 Å². The maximum absolute atomic E-state index is 9.40. The van der Waals surface area contributed by atoms with Crippen LogP contribution in [0.1, 0.15) is 47.2 Å². The molecule has 5 nitrogen and oxygen atoms in total. The average Bonchev–Trinajstić information content (AvgIpc) is 3.37. The maximum atomic E-state index is 9.40. The number of aliphatic imine (C=N–C) groups is 1. The van der Waals surface area contributed by atoms with Crippen LogP contribution in [0.2, 0.25) is 0 Å². The third-order valence-electron chi connectivity index (χ3n) is 9.25. The van der Waals surface area contributed by atoms with Crippen molar-refractivity contribution < 1.29 is 0 Å². The van der Waals surface area contributed by atoms with Gasteiger partial charge in [-0.15, -0.1) is 0 Å². The molecule has 49 heavy (non-hydrogen) atoms. The van der Waals surface area contributed by atoms with Gasteiger partial charge in [0.1, 0.15) is 5.84 Å². The molecule has 0 saturated heterocycles. The Labute approximate surface area is 289 Å². The molecule has 7 rings (SSSR count). The molecule has 0 spiro atoms. The van der Waals surface area contributed by atoms with E-state index in [-0.39, 0.29) is 5.41 Å². The fraction of sp³-hybridized carbons (Fsp3) is 0.136. The molecule has 1 aliphatic rings. The van der Waals surface area contributed by atoms with Gasteiger partial charge in [-0.2, -0.15) is 5.26 Å². The molecule has 0 unspecified atom stereocenters.